The van der Waals surface area contributed by atoms with E-state index in [1.807, 2.05) is 18.4 Å². The van der Waals surface area contributed by atoms with E-state index in [9.17, 15) is 0 Å². The van der Waals surface area contributed by atoms with Crippen molar-refractivity contribution >= 4 is 11.3 Å². The van der Waals surface area contributed by atoms with Crippen LogP contribution in [0.25, 0.3) is 10.6 Å². The number of rotatable bonds is 2. The maximum absolute atomic E-state index is 9.13. The standard InChI is InChI=1S/C12H11N3S/c1-8-10(9-3-2-6-16-9)15-11(14-8)12(7-13)4-5-12/h2-3,6H,4-5H2,1H3,(H,14,15). The number of aromatic amines is 1. The van der Waals surface area contributed by atoms with E-state index in [0.29, 0.717) is 0 Å². The van der Waals surface area contributed by atoms with Crippen molar-refractivity contribution in [3.8, 4) is 16.6 Å². The fourth-order valence-electron chi connectivity index (χ4n) is 1.87. The summed E-state index contributed by atoms with van der Waals surface area (Å²) in [6.07, 6.45) is 1.86. The van der Waals surface area contributed by atoms with Crippen molar-refractivity contribution in [3.63, 3.8) is 0 Å². The van der Waals surface area contributed by atoms with Gasteiger partial charge in [-0.1, -0.05) is 6.07 Å². The third-order valence-corrected chi connectivity index (χ3v) is 3.93. The topological polar surface area (TPSA) is 52.5 Å². The molecule has 3 nitrogen and oxygen atoms in total. The number of hydrogen-bond donors (Lipinski definition) is 1. The van der Waals surface area contributed by atoms with Crippen LogP contribution in [0.5, 0.6) is 0 Å². The molecule has 2 heterocycles. The van der Waals surface area contributed by atoms with Gasteiger partial charge in [-0.25, -0.2) is 4.98 Å². The molecule has 0 amide bonds. The molecule has 3 rings (SSSR count). The normalized spacial score (nSPS) is 17.0. The van der Waals surface area contributed by atoms with Crippen molar-refractivity contribution in [1.29, 1.82) is 5.26 Å². The lowest BCUT2D eigenvalue weighted by Gasteiger charge is -1.98. The molecular weight excluding hydrogens is 218 g/mol. The molecule has 0 aromatic carbocycles. The lowest BCUT2D eigenvalue weighted by atomic mass is 10.1. The molecule has 1 fully saturated rings. The van der Waals surface area contributed by atoms with E-state index in [1.54, 1.807) is 11.3 Å². The van der Waals surface area contributed by atoms with Gasteiger partial charge in [-0.15, -0.1) is 11.3 Å². The summed E-state index contributed by atoms with van der Waals surface area (Å²) in [7, 11) is 0. The summed E-state index contributed by atoms with van der Waals surface area (Å²) >= 11 is 1.68. The minimum absolute atomic E-state index is 0.319. The third-order valence-electron chi connectivity index (χ3n) is 3.06. The monoisotopic (exact) mass is 229 g/mol. The summed E-state index contributed by atoms with van der Waals surface area (Å²) in [6, 6.07) is 6.44. The molecule has 0 bridgehead atoms. The van der Waals surface area contributed by atoms with E-state index in [1.165, 1.54) is 0 Å². The number of hydrogen-bond acceptors (Lipinski definition) is 3. The number of nitrogens with one attached hydrogen (secondary N) is 1. The number of nitriles is 1. The van der Waals surface area contributed by atoms with Gasteiger partial charge in [-0.3, -0.25) is 0 Å². The number of nitrogens with zero attached hydrogens (tertiary/aromatic N) is 2. The van der Waals surface area contributed by atoms with Gasteiger partial charge >= 0.3 is 0 Å². The lowest BCUT2D eigenvalue weighted by Crippen LogP contribution is -2.04. The Hall–Kier alpha value is -1.60. The second-order valence-electron chi connectivity index (χ2n) is 4.23. The molecule has 1 saturated carbocycles. The van der Waals surface area contributed by atoms with Gasteiger partial charge in [0, 0.05) is 5.69 Å². The summed E-state index contributed by atoms with van der Waals surface area (Å²) < 4.78 is 0. The fraction of sp³-hybridized carbons (Fsp3) is 0.333. The number of H-pyrrole nitrogens is 1. The molecule has 0 spiro atoms. The predicted octanol–water partition coefficient (Wildman–Crippen LogP) is 3.00. The van der Waals surface area contributed by atoms with E-state index in [-0.39, 0.29) is 5.41 Å². The molecule has 80 valence electrons. The summed E-state index contributed by atoms with van der Waals surface area (Å²) in [5.74, 6) is 0.843. The van der Waals surface area contributed by atoms with Crippen LogP contribution in [0.15, 0.2) is 17.5 Å². The van der Waals surface area contributed by atoms with Gasteiger partial charge in [0.15, 0.2) is 0 Å². The van der Waals surface area contributed by atoms with Gasteiger partial charge in [0.2, 0.25) is 0 Å². The van der Waals surface area contributed by atoms with Crippen molar-refractivity contribution in [2.24, 2.45) is 0 Å². The molecule has 16 heavy (non-hydrogen) atoms. The predicted molar refractivity (Wildman–Crippen MR) is 63.2 cm³/mol. The summed E-state index contributed by atoms with van der Waals surface area (Å²) in [5, 5.41) is 11.2. The van der Waals surface area contributed by atoms with E-state index in [4.69, 9.17) is 5.26 Å². The molecule has 0 aliphatic heterocycles. The highest BCUT2D eigenvalue weighted by Crippen LogP contribution is 2.47. The molecule has 2 aromatic rings. The second kappa shape index (κ2) is 3.19. The van der Waals surface area contributed by atoms with Crippen LogP contribution in [0, 0.1) is 18.3 Å². The van der Waals surface area contributed by atoms with Crippen LogP contribution in [-0.2, 0) is 5.41 Å². The van der Waals surface area contributed by atoms with Crippen LogP contribution in [0.2, 0.25) is 0 Å². The fourth-order valence-corrected chi connectivity index (χ4v) is 2.64. The molecule has 0 unspecified atom stereocenters. The number of aromatic nitrogens is 2. The van der Waals surface area contributed by atoms with E-state index in [0.717, 1.165) is 34.9 Å². The first-order chi connectivity index (χ1) is 7.75. The van der Waals surface area contributed by atoms with Crippen molar-refractivity contribution in [1.82, 2.24) is 9.97 Å². The van der Waals surface area contributed by atoms with Gasteiger partial charge < -0.3 is 4.98 Å². The van der Waals surface area contributed by atoms with Crippen LogP contribution in [0.3, 0.4) is 0 Å². The number of aryl methyl sites for hydroxylation is 1. The quantitative estimate of drug-likeness (QED) is 0.860. The maximum atomic E-state index is 9.13. The van der Waals surface area contributed by atoms with Crippen LogP contribution in [0.1, 0.15) is 24.4 Å². The molecule has 1 aliphatic carbocycles. The Labute approximate surface area is 97.8 Å². The van der Waals surface area contributed by atoms with Crippen LogP contribution >= 0.6 is 11.3 Å². The maximum Gasteiger partial charge on any atom is 0.127 e. The molecule has 4 heteroatoms. The largest absolute Gasteiger partial charge is 0.344 e. The van der Waals surface area contributed by atoms with E-state index < -0.39 is 0 Å². The summed E-state index contributed by atoms with van der Waals surface area (Å²) in [4.78, 5) is 9.01. The SMILES string of the molecule is Cc1[nH]c(C2(C#N)CC2)nc1-c1cccs1. The Morgan fingerprint density at radius 3 is 2.94 bits per heavy atom. The van der Waals surface area contributed by atoms with Gasteiger partial charge in [0.1, 0.15) is 16.9 Å². The Kier molecular flexibility index (Phi) is 1.92. The third kappa shape index (κ3) is 1.29. The Balaban J connectivity index is 2.07. The highest BCUT2D eigenvalue weighted by Gasteiger charge is 2.48. The molecule has 0 radical (unpaired) electrons. The first-order valence-corrected chi connectivity index (χ1v) is 6.15. The van der Waals surface area contributed by atoms with Gasteiger partial charge in [-0.2, -0.15) is 5.26 Å². The Morgan fingerprint density at radius 1 is 1.56 bits per heavy atom. The van der Waals surface area contributed by atoms with E-state index >= 15 is 0 Å². The van der Waals surface area contributed by atoms with Gasteiger partial charge in [0.25, 0.3) is 0 Å². The Bertz CT molecular complexity index is 556. The van der Waals surface area contributed by atoms with Crippen molar-refractivity contribution < 1.29 is 0 Å². The van der Waals surface area contributed by atoms with Crippen LogP contribution in [-0.4, -0.2) is 9.97 Å². The van der Waals surface area contributed by atoms with Crippen LogP contribution in [0.4, 0.5) is 0 Å². The molecule has 1 N–H and O–H groups in total. The average Bonchev–Trinajstić information content (AvgIpc) is 2.73. The van der Waals surface area contributed by atoms with Crippen molar-refractivity contribution in [2.45, 2.75) is 25.2 Å². The first-order valence-electron chi connectivity index (χ1n) is 5.27. The van der Waals surface area contributed by atoms with Gasteiger partial charge in [-0.05, 0) is 31.2 Å². The lowest BCUT2D eigenvalue weighted by molar-refractivity contribution is 0.819. The van der Waals surface area contributed by atoms with Crippen molar-refractivity contribution in [3.05, 3.63) is 29.0 Å². The zero-order chi connectivity index (χ0) is 11.2. The van der Waals surface area contributed by atoms with Gasteiger partial charge in [0.05, 0.1) is 10.9 Å². The molecule has 0 atom stereocenters. The zero-order valence-corrected chi connectivity index (χ0v) is 9.77. The van der Waals surface area contributed by atoms with Crippen molar-refractivity contribution in [2.75, 3.05) is 0 Å². The molecule has 0 saturated heterocycles. The van der Waals surface area contributed by atoms with E-state index in [2.05, 4.69) is 22.1 Å². The highest BCUT2D eigenvalue weighted by molar-refractivity contribution is 7.13. The minimum Gasteiger partial charge on any atom is -0.344 e. The summed E-state index contributed by atoms with van der Waals surface area (Å²) in [6.45, 7) is 2.01. The second-order valence-corrected chi connectivity index (χ2v) is 5.18. The number of imidazole rings is 1. The molecular formula is C12H11N3S. The molecule has 2 aromatic heterocycles. The molecule has 1 aliphatic rings. The van der Waals surface area contributed by atoms with Crippen LogP contribution < -0.4 is 0 Å². The number of thiophene rings is 1. The smallest absolute Gasteiger partial charge is 0.127 e. The minimum atomic E-state index is -0.319. The summed E-state index contributed by atoms with van der Waals surface area (Å²) in [5.41, 5.74) is 1.73. The first kappa shape index (κ1) is 9.61. The zero-order valence-electron chi connectivity index (χ0n) is 8.95. The average molecular weight is 229 g/mol. The highest BCUT2D eigenvalue weighted by atomic mass is 32.1. The Morgan fingerprint density at radius 2 is 2.38 bits per heavy atom.